The predicted octanol–water partition coefficient (Wildman–Crippen LogP) is -0.838. The predicted molar refractivity (Wildman–Crippen MR) is 109 cm³/mol. The van der Waals surface area contributed by atoms with E-state index in [1.54, 1.807) is 36.1 Å². The van der Waals surface area contributed by atoms with Gasteiger partial charge < -0.3 is 15.0 Å². The van der Waals surface area contributed by atoms with E-state index in [9.17, 15) is 19.5 Å². The van der Waals surface area contributed by atoms with Crippen molar-refractivity contribution in [3.05, 3.63) is 35.8 Å². The molecule has 2 aliphatic heterocycles. The maximum atomic E-state index is 12.6. The van der Waals surface area contributed by atoms with Crippen molar-refractivity contribution in [2.24, 2.45) is 7.05 Å². The molecule has 4 rings (SSSR count). The Labute approximate surface area is 201 Å². The second-order valence-electron chi connectivity index (χ2n) is 6.44. The van der Waals surface area contributed by atoms with Gasteiger partial charge in [0.1, 0.15) is 23.7 Å². The summed E-state index contributed by atoms with van der Waals surface area (Å²) in [6.45, 7) is 0.101. The molecule has 0 bridgehead atoms. The quantitative estimate of drug-likeness (QED) is 0.309. The van der Waals surface area contributed by atoms with Crippen molar-refractivity contribution in [2.45, 2.75) is 23.1 Å². The summed E-state index contributed by atoms with van der Waals surface area (Å²) in [5, 5.41) is 23.7. The molecule has 0 aromatic carbocycles. The van der Waals surface area contributed by atoms with Crippen LogP contribution in [0.1, 0.15) is 0 Å². The Hall–Kier alpha value is -1.80. The van der Waals surface area contributed by atoms with E-state index in [2.05, 4.69) is 20.8 Å². The first kappa shape index (κ1) is 22.9. The van der Waals surface area contributed by atoms with Crippen LogP contribution in [-0.4, -0.2) is 105 Å². The number of carboxylic acid groups (broad SMARTS) is 1. The fourth-order valence-corrected chi connectivity index (χ4v) is 5.48. The number of thioether (sulfide) groups is 2. The zero-order chi connectivity index (χ0) is 20.5. The first-order valence-corrected chi connectivity index (χ1v) is 10.6. The topological polar surface area (TPSA) is 135 Å². The summed E-state index contributed by atoms with van der Waals surface area (Å²) in [4.78, 5) is 38.0. The molecule has 2 aromatic rings. The van der Waals surface area contributed by atoms with Gasteiger partial charge in [-0.1, -0.05) is 11.8 Å². The van der Waals surface area contributed by atoms with Crippen LogP contribution < -0.4 is 5.32 Å². The number of hydrogen-bond donors (Lipinski definition) is 2. The van der Waals surface area contributed by atoms with Crippen LogP contribution in [0.15, 0.2) is 41.0 Å². The summed E-state index contributed by atoms with van der Waals surface area (Å²) in [5.74, 6) is -1.07. The molecule has 11 nitrogen and oxygen atoms in total. The van der Waals surface area contributed by atoms with Crippen molar-refractivity contribution in [2.75, 3.05) is 11.5 Å². The van der Waals surface area contributed by atoms with Crippen molar-refractivity contribution in [1.29, 1.82) is 0 Å². The Kier molecular flexibility index (Phi) is 7.29. The zero-order valence-electron chi connectivity index (χ0n) is 16.3. The molecule has 153 valence electrons. The normalized spacial score (nSPS) is 20.3. The van der Waals surface area contributed by atoms with Gasteiger partial charge in [0.25, 0.3) is 5.91 Å². The van der Waals surface area contributed by atoms with Crippen LogP contribution in [0.4, 0.5) is 0 Å². The Bertz CT molecular complexity index is 994. The third kappa shape index (κ3) is 4.44. The van der Waals surface area contributed by atoms with E-state index in [1.165, 1.54) is 33.1 Å². The minimum atomic E-state index is -1.16. The van der Waals surface area contributed by atoms with Crippen LogP contribution in [0.25, 0.3) is 0 Å². The van der Waals surface area contributed by atoms with E-state index in [1.807, 2.05) is 0 Å². The molecule has 2 amide bonds. The number of β-lactam (4-membered cyclic amide) rings is 1. The molecule has 2 aliphatic rings. The Morgan fingerprint density at radius 1 is 1.37 bits per heavy atom. The number of tetrazole rings is 1. The molecular weight excluding hydrogens is 441 g/mol. The van der Waals surface area contributed by atoms with Gasteiger partial charge in [0.15, 0.2) is 0 Å². The molecule has 2 aromatic heterocycles. The van der Waals surface area contributed by atoms with Gasteiger partial charge in [-0.25, -0.2) is 9.48 Å². The first-order chi connectivity index (χ1) is 14.0. The van der Waals surface area contributed by atoms with E-state index in [4.69, 9.17) is 0 Å². The summed E-state index contributed by atoms with van der Waals surface area (Å²) in [5.41, 5.74) is 0.606. The average Bonchev–Trinajstić information content (AvgIpc) is 3.35. The molecule has 1 saturated heterocycles. The molecule has 2 atom stereocenters. The molecule has 2 unspecified atom stereocenters. The van der Waals surface area contributed by atoms with Crippen molar-refractivity contribution in [1.82, 2.24) is 35.0 Å². The number of aliphatic carboxylic acids is 1. The summed E-state index contributed by atoms with van der Waals surface area (Å²) in [6, 6.07) is 2.89. The van der Waals surface area contributed by atoms with Crippen LogP contribution in [0.3, 0.4) is 0 Å². The van der Waals surface area contributed by atoms with Gasteiger partial charge in [-0.3, -0.25) is 14.5 Å². The number of carboxylic acids is 1. The summed E-state index contributed by atoms with van der Waals surface area (Å²) in [6.07, 6.45) is 3.51. The number of carbonyl (C=O) groups is 3. The third-order valence-corrected chi connectivity index (χ3v) is 6.95. The summed E-state index contributed by atoms with van der Waals surface area (Å²) in [7, 11) is 1.69. The van der Waals surface area contributed by atoms with Crippen LogP contribution in [0.2, 0.25) is 0 Å². The Balaban J connectivity index is 0.00000256. The van der Waals surface area contributed by atoms with Gasteiger partial charge in [-0.2, -0.15) is 0 Å². The molecule has 30 heavy (non-hydrogen) atoms. The second kappa shape index (κ2) is 9.56. The van der Waals surface area contributed by atoms with E-state index >= 15 is 0 Å². The molecule has 0 saturated carbocycles. The minimum Gasteiger partial charge on any atom is -0.477 e. The molecule has 0 spiro atoms. The van der Waals surface area contributed by atoms with Crippen LogP contribution in [0.5, 0.6) is 0 Å². The standard InChI is InChI=1S/C16H17N7O4S2.Na/c1-21-16(18-19-20-21)29-8-9-7-28-14-11(13(25)23(14)12(9)15(26)27)17-10(24)6-22-4-2-3-5-22;/h2-5,11,14H,6-8H2,1H3,(H,17,24)(H,26,27);. The van der Waals surface area contributed by atoms with E-state index in [0.29, 0.717) is 22.2 Å². The number of carbonyl (C=O) groups excluding carboxylic acids is 2. The Morgan fingerprint density at radius 2 is 2.10 bits per heavy atom. The minimum absolute atomic E-state index is 0. The fourth-order valence-electron chi connectivity index (χ4n) is 3.15. The van der Waals surface area contributed by atoms with Crippen molar-refractivity contribution >= 4 is 70.9 Å². The van der Waals surface area contributed by atoms with Crippen molar-refractivity contribution in [3.63, 3.8) is 0 Å². The van der Waals surface area contributed by atoms with Gasteiger partial charge in [0.05, 0.1) is 0 Å². The van der Waals surface area contributed by atoms with Crippen LogP contribution in [-0.2, 0) is 28.0 Å². The number of hydrogen-bond acceptors (Lipinski definition) is 8. The van der Waals surface area contributed by atoms with Crippen molar-refractivity contribution < 1.29 is 19.5 Å². The SMILES string of the molecule is Cn1nnnc1SCC1=C(C(=O)O)N2C(=O)C(NC(=O)Cn3cccc3)C2SC1.[Na]. The van der Waals surface area contributed by atoms with E-state index < -0.39 is 23.3 Å². The average molecular weight is 458 g/mol. The molecular formula is C16H17N7NaO4S2. The van der Waals surface area contributed by atoms with Gasteiger partial charge in [-0.05, 0) is 28.1 Å². The first-order valence-electron chi connectivity index (χ1n) is 8.61. The monoisotopic (exact) mass is 458 g/mol. The van der Waals surface area contributed by atoms with Gasteiger partial charge in [-0.15, -0.1) is 16.9 Å². The number of nitrogens with zero attached hydrogens (tertiary/aromatic N) is 6. The van der Waals surface area contributed by atoms with E-state index in [0.717, 1.165) is 0 Å². The second-order valence-corrected chi connectivity index (χ2v) is 8.49. The number of aryl methyl sites for hydroxylation is 1. The van der Waals surface area contributed by atoms with Gasteiger partial charge in [0, 0.05) is 60.5 Å². The molecule has 4 heterocycles. The summed E-state index contributed by atoms with van der Waals surface area (Å²) >= 11 is 2.74. The number of nitrogens with one attached hydrogen (secondary N) is 1. The molecule has 1 radical (unpaired) electrons. The number of fused-ring (bicyclic) bond motifs is 1. The third-order valence-electron chi connectivity index (χ3n) is 4.52. The number of aromatic nitrogens is 5. The Morgan fingerprint density at radius 3 is 2.73 bits per heavy atom. The van der Waals surface area contributed by atoms with Gasteiger partial charge in [0.2, 0.25) is 11.1 Å². The molecule has 2 N–H and O–H groups in total. The fraction of sp³-hybridized carbons (Fsp3) is 0.375. The maximum Gasteiger partial charge on any atom is 0.352 e. The van der Waals surface area contributed by atoms with E-state index in [-0.39, 0.29) is 47.7 Å². The molecule has 14 heteroatoms. The molecule has 1 fully saturated rings. The molecule has 0 aliphatic carbocycles. The number of rotatable bonds is 7. The zero-order valence-corrected chi connectivity index (χ0v) is 19.9. The number of amides is 2. The van der Waals surface area contributed by atoms with Crippen molar-refractivity contribution in [3.8, 4) is 0 Å². The largest absolute Gasteiger partial charge is 0.477 e. The van der Waals surface area contributed by atoms with Gasteiger partial charge >= 0.3 is 5.97 Å². The smallest absolute Gasteiger partial charge is 0.352 e. The van der Waals surface area contributed by atoms with Crippen LogP contribution >= 0.6 is 23.5 Å². The van der Waals surface area contributed by atoms with Crippen LogP contribution in [0, 0.1) is 0 Å². The summed E-state index contributed by atoms with van der Waals surface area (Å²) < 4.78 is 3.19. The maximum absolute atomic E-state index is 12.6.